The lowest BCUT2D eigenvalue weighted by atomic mass is 9.95. The molecule has 0 radical (unpaired) electrons. The summed E-state index contributed by atoms with van der Waals surface area (Å²) in [6.07, 6.45) is 0.923. The molecule has 0 aliphatic carbocycles. The smallest absolute Gasteiger partial charge is 0.461 e. The summed E-state index contributed by atoms with van der Waals surface area (Å²) in [6, 6.07) is 10.9. The zero-order valence-corrected chi connectivity index (χ0v) is 22.7. The molecule has 0 amide bonds. The number of benzene rings is 2. The normalized spacial score (nSPS) is 23.3. The van der Waals surface area contributed by atoms with E-state index in [9.17, 15) is 26.0 Å². The van der Waals surface area contributed by atoms with Gasteiger partial charge in [-0.1, -0.05) is 35.9 Å². The van der Waals surface area contributed by atoms with Crippen molar-refractivity contribution in [2.24, 2.45) is 0 Å². The van der Waals surface area contributed by atoms with E-state index in [4.69, 9.17) is 16.3 Å². The number of fused-ring (bicyclic) bond motifs is 3. The molecular formula is C26H25ClF4N4O4S. The lowest BCUT2D eigenvalue weighted by Crippen LogP contribution is -2.43. The van der Waals surface area contributed by atoms with Gasteiger partial charge in [0.05, 0.1) is 22.8 Å². The van der Waals surface area contributed by atoms with Crippen LogP contribution in [0.3, 0.4) is 0 Å². The van der Waals surface area contributed by atoms with Gasteiger partial charge < -0.3 is 13.8 Å². The van der Waals surface area contributed by atoms with Crippen LogP contribution in [0.1, 0.15) is 30.5 Å². The fourth-order valence-corrected chi connectivity index (χ4v) is 6.77. The Bertz CT molecular complexity index is 1570. The molecule has 2 saturated heterocycles. The van der Waals surface area contributed by atoms with E-state index in [1.165, 1.54) is 0 Å². The summed E-state index contributed by atoms with van der Waals surface area (Å²) < 4.78 is 88.0. The van der Waals surface area contributed by atoms with E-state index in [-0.39, 0.29) is 49.8 Å². The SMILES string of the molecule is O=S(=O)(Oc1nc(OC[C@@]23CCCN2C[C@H](F)C3)nc2c1CCN(c1cccc3cccc(Cl)c13)C2)C(F)(F)F. The van der Waals surface area contributed by atoms with Gasteiger partial charge in [-0.3, -0.25) is 4.90 Å². The molecule has 3 aliphatic heterocycles. The zero-order chi connectivity index (χ0) is 28.3. The monoisotopic (exact) mass is 600 g/mol. The number of rotatable bonds is 6. The van der Waals surface area contributed by atoms with Crippen molar-refractivity contribution in [3.63, 3.8) is 0 Å². The van der Waals surface area contributed by atoms with Crippen molar-refractivity contribution in [2.75, 3.05) is 31.1 Å². The van der Waals surface area contributed by atoms with Gasteiger partial charge in [0, 0.05) is 36.1 Å². The van der Waals surface area contributed by atoms with Crippen LogP contribution in [0, 0.1) is 0 Å². The predicted molar refractivity (Wildman–Crippen MR) is 140 cm³/mol. The molecule has 8 nitrogen and oxygen atoms in total. The molecule has 0 unspecified atom stereocenters. The van der Waals surface area contributed by atoms with Gasteiger partial charge in [0.15, 0.2) is 0 Å². The summed E-state index contributed by atoms with van der Waals surface area (Å²) in [7, 11) is -5.99. The Kier molecular flexibility index (Phi) is 6.74. The van der Waals surface area contributed by atoms with Gasteiger partial charge in [-0.15, -0.1) is 0 Å². The summed E-state index contributed by atoms with van der Waals surface area (Å²) in [5, 5.41) is 2.25. The summed E-state index contributed by atoms with van der Waals surface area (Å²) in [5.74, 6) is -0.719. The summed E-state index contributed by atoms with van der Waals surface area (Å²) >= 11 is 6.51. The third-order valence-electron chi connectivity index (χ3n) is 7.88. The second-order valence-electron chi connectivity index (χ2n) is 10.4. The first-order valence-electron chi connectivity index (χ1n) is 12.8. The maximum Gasteiger partial charge on any atom is 0.534 e. The Morgan fingerprint density at radius 2 is 1.90 bits per heavy atom. The number of hydrogen-bond acceptors (Lipinski definition) is 8. The minimum atomic E-state index is -5.99. The van der Waals surface area contributed by atoms with Crippen LogP contribution in [-0.4, -0.2) is 66.7 Å². The Balaban J connectivity index is 1.36. The molecule has 214 valence electrons. The Morgan fingerprint density at radius 1 is 1.12 bits per heavy atom. The van der Waals surface area contributed by atoms with Crippen LogP contribution < -0.4 is 13.8 Å². The molecule has 0 saturated carbocycles. The molecule has 14 heteroatoms. The fraction of sp³-hybridized carbons (Fsp3) is 0.462. The topological polar surface area (TPSA) is 84.9 Å². The van der Waals surface area contributed by atoms with Crippen LogP contribution >= 0.6 is 11.6 Å². The van der Waals surface area contributed by atoms with Crippen LogP contribution in [0.2, 0.25) is 5.02 Å². The van der Waals surface area contributed by atoms with E-state index in [1.807, 2.05) is 40.1 Å². The van der Waals surface area contributed by atoms with Crippen LogP contribution in [0.4, 0.5) is 23.2 Å². The number of aromatic nitrogens is 2. The third kappa shape index (κ3) is 4.81. The van der Waals surface area contributed by atoms with Crippen LogP contribution in [0.5, 0.6) is 11.9 Å². The number of ether oxygens (including phenoxy) is 1. The van der Waals surface area contributed by atoms with E-state index < -0.39 is 33.2 Å². The maximum atomic E-state index is 14.2. The van der Waals surface area contributed by atoms with Crippen molar-refractivity contribution in [2.45, 2.75) is 49.4 Å². The van der Waals surface area contributed by atoms with Crippen LogP contribution in [0.15, 0.2) is 36.4 Å². The number of halogens is 5. The largest absolute Gasteiger partial charge is 0.534 e. The van der Waals surface area contributed by atoms with Gasteiger partial charge >= 0.3 is 21.6 Å². The average Bonchev–Trinajstić information content (AvgIpc) is 3.42. The Morgan fingerprint density at radius 3 is 2.67 bits per heavy atom. The lowest BCUT2D eigenvalue weighted by Gasteiger charge is -2.32. The molecular weight excluding hydrogens is 576 g/mol. The van der Waals surface area contributed by atoms with Gasteiger partial charge in [0.25, 0.3) is 0 Å². The number of nitrogens with zero attached hydrogens (tertiary/aromatic N) is 4. The van der Waals surface area contributed by atoms with E-state index in [0.29, 0.717) is 18.0 Å². The predicted octanol–water partition coefficient (Wildman–Crippen LogP) is 5.03. The summed E-state index contributed by atoms with van der Waals surface area (Å²) in [5.41, 5.74) is -5.00. The molecule has 2 fully saturated rings. The van der Waals surface area contributed by atoms with Crippen molar-refractivity contribution < 1.29 is 34.9 Å². The number of hydrogen-bond donors (Lipinski definition) is 0. The van der Waals surface area contributed by atoms with Crippen molar-refractivity contribution >= 4 is 38.2 Å². The van der Waals surface area contributed by atoms with Gasteiger partial charge in [0.1, 0.15) is 12.8 Å². The first-order chi connectivity index (χ1) is 19.0. The van der Waals surface area contributed by atoms with Crippen molar-refractivity contribution in [3.05, 3.63) is 52.7 Å². The molecule has 3 aliphatic rings. The molecule has 0 spiro atoms. The number of anilines is 1. The molecule has 40 heavy (non-hydrogen) atoms. The highest BCUT2D eigenvalue weighted by Gasteiger charge is 2.50. The molecule has 0 bridgehead atoms. The van der Waals surface area contributed by atoms with Gasteiger partial charge in [0.2, 0.25) is 5.88 Å². The highest BCUT2D eigenvalue weighted by Crippen LogP contribution is 2.41. The lowest BCUT2D eigenvalue weighted by molar-refractivity contribution is -0.0502. The highest BCUT2D eigenvalue weighted by atomic mass is 35.5. The molecule has 0 N–H and O–H groups in total. The fourth-order valence-electron chi connectivity index (χ4n) is 6.05. The molecule has 6 rings (SSSR count). The van der Waals surface area contributed by atoms with Gasteiger partial charge in [-0.25, -0.2) is 4.39 Å². The average molecular weight is 601 g/mol. The first kappa shape index (κ1) is 27.3. The van der Waals surface area contributed by atoms with E-state index in [2.05, 4.69) is 14.2 Å². The summed E-state index contributed by atoms with van der Waals surface area (Å²) in [6.45, 7) is 1.45. The van der Waals surface area contributed by atoms with E-state index in [0.717, 1.165) is 29.4 Å². The van der Waals surface area contributed by atoms with Crippen molar-refractivity contribution in [3.8, 4) is 11.9 Å². The van der Waals surface area contributed by atoms with Crippen LogP contribution in [0.25, 0.3) is 10.8 Å². The van der Waals surface area contributed by atoms with E-state index >= 15 is 0 Å². The standard InChI is InChI=1S/C26H25ClF4N4O4S/c27-19-6-1-4-16-5-2-7-21(22(16)19)34-11-8-18-20(14-34)32-24(33-23(18)39-40(36,37)26(29,30)31)38-15-25-9-3-10-35(25)13-17(28)12-25/h1-2,4-7,17H,3,8-15H2/t17-,25+/m1/s1. The van der Waals surface area contributed by atoms with Gasteiger partial charge in [-0.2, -0.15) is 31.6 Å². The highest BCUT2D eigenvalue weighted by molar-refractivity contribution is 7.87. The second kappa shape index (κ2) is 9.88. The maximum absolute atomic E-state index is 14.2. The Hall–Kier alpha value is -2.90. The van der Waals surface area contributed by atoms with Crippen molar-refractivity contribution in [1.29, 1.82) is 0 Å². The second-order valence-corrected chi connectivity index (χ2v) is 12.3. The quantitative estimate of drug-likeness (QED) is 0.221. The first-order valence-corrected chi connectivity index (χ1v) is 14.6. The van der Waals surface area contributed by atoms with Crippen LogP contribution in [-0.2, 0) is 23.1 Å². The number of alkyl halides is 4. The summed E-state index contributed by atoms with van der Waals surface area (Å²) in [4.78, 5) is 12.4. The van der Waals surface area contributed by atoms with Gasteiger partial charge in [-0.05, 0) is 43.3 Å². The Labute approximate surface area is 233 Å². The molecule has 4 heterocycles. The molecule has 1 aromatic heterocycles. The minimum Gasteiger partial charge on any atom is -0.461 e. The van der Waals surface area contributed by atoms with Crippen molar-refractivity contribution in [1.82, 2.24) is 14.9 Å². The molecule has 2 aromatic carbocycles. The van der Waals surface area contributed by atoms with E-state index in [1.54, 1.807) is 6.07 Å². The minimum absolute atomic E-state index is 0.0142. The third-order valence-corrected chi connectivity index (χ3v) is 9.14. The molecule has 2 atom stereocenters. The molecule has 3 aromatic rings. The zero-order valence-electron chi connectivity index (χ0n) is 21.1.